The van der Waals surface area contributed by atoms with Crippen molar-refractivity contribution < 1.29 is 0 Å². The predicted octanol–water partition coefficient (Wildman–Crippen LogP) is 20.1. The number of anilines is 6. The quantitative estimate of drug-likeness (QED) is 0.153. The topological polar surface area (TPSA) is 6.48 Å². The van der Waals surface area contributed by atoms with Gasteiger partial charge in [-0.25, -0.2) is 0 Å². The Morgan fingerprint density at radius 3 is 0.921 bits per heavy atom. The third-order valence-corrected chi connectivity index (χ3v) is 16.4. The molecule has 2 heteroatoms. The van der Waals surface area contributed by atoms with Crippen molar-refractivity contribution in [1.82, 2.24) is 0 Å². The maximum atomic E-state index is 2.53. The molecule has 0 aliphatic carbocycles. The highest BCUT2D eigenvalue weighted by atomic mass is 15.2. The van der Waals surface area contributed by atoms with Gasteiger partial charge in [0.2, 0.25) is 0 Å². The van der Waals surface area contributed by atoms with Crippen LogP contribution >= 0.6 is 0 Å². The van der Waals surface area contributed by atoms with Crippen molar-refractivity contribution in [1.29, 1.82) is 0 Å². The molecule has 0 saturated carbocycles. The molecule has 0 atom stereocenters. The molecule has 76 heavy (non-hydrogen) atoms. The smallest absolute Gasteiger partial charge is 0.0493 e. The molecule has 0 aromatic heterocycles. The van der Waals surface area contributed by atoms with Crippen LogP contribution in [0.4, 0.5) is 34.1 Å². The summed E-state index contributed by atoms with van der Waals surface area (Å²) in [7, 11) is 0. The van der Waals surface area contributed by atoms with Gasteiger partial charge in [0.25, 0.3) is 0 Å². The highest BCUT2D eigenvalue weighted by molar-refractivity contribution is 6.25. The Morgan fingerprint density at radius 2 is 0.539 bits per heavy atom. The van der Waals surface area contributed by atoms with Crippen LogP contribution in [0.15, 0.2) is 267 Å². The minimum absolute atomic E-state index is 0.982. The van der Waals surface area contributed by atoms with Gasteiger partial charge >= 0.3 is 0 Å². The van der Waals surface area contributed by atoms with E-state index in [1.807, 2.05) is 0 Å². The summed E-state index contributed by atoms with van der Waals surface area (Å²) in [6, 6.07) is 100. The zero-order valence-corrected chi connectivity index (χ0v) is 42.1. The second-order valence-electron chi connectivity index (χ2n) is 20.6. The molecule has 0 radical (unpaired) electrons. The molecule has 0 fully saturated rings. The Balaban J connectivity index is 1.09. The highest BCUT2D eigenvalue weighted by Crippen LogP contribution is 2.53. The number of hydrogen-bond acceptors (Lipinski definition) is 2. The second kappa shape index (κ2) is 18.2. The van der Waals surface area contributed by atoms with Crippen LogP contribution in [0.2, 0.25) is 0 Å². The Hall–Kier alpha value is -9.50. The van der Waals surface area contributed by atoms with Crippen LogP contribution in [-0.2, 0) is 25.7 Å². The van der Waals surface area contributed by atoms with Crippen LogP contribution in [0.1, 0.15) is 22.3 Å². The first kappa shape index (κ1) is 44.0. The summed E-state index contributed by atoms with van der Waals surface area (Å²) in [5.41, 5.74) is 22.3. The van der Waals surface area contributed by atoms with Crippen LogP contribution in [0, 0.1) is 0 Å². The molecule has 15 rings (SSSR count). The van der Waals surface area contributed by atoms with Crippen LogP contribution in [-0.4, -0.2) is 0 Å². The van der Waals surface area contributed by atoms with Crippen LogP contribution < -0.4 is 9.80 Å². The molecule has 13 aromatic rings. The van der Waals surface area contributed by atoms with E-state index in [2.05, 4.69) is 277 Å². The lowest BCUT2D eigenvalue weighted by molar-refractivity contribution is 0.977. The number of fused-ring (bicyclic) bond motifs is 8. The summed E-state index contributed by atoms with van der Waals surface area (Å²) in [6.07, 6.45) is 3.93. The zero-order chi connectivity index (χ0) is 50.1. The molecule has 2 aliphatic rings. The van der Waals surface area contributed by atoms with E-state index in [1.54, 1.807) is 0 Å². The van der Waals surface area contributed by atoms with Crippen molar-refractivity contribution >= 4 is 77.2 Å². The van der Waals surface area contributed by atoms with Gasteiger partial charge in [-0.1, -0.05) is 206 Å². The van der Waals surface area contributed by atoms with Crippen LogP contribution in [0.25, 0.3) is 87.6 Å². The van der Waals surface area contributed by atoms with Gasteiger partial charge in [0.05, 0.1) is 0 Å². The number of para-hydroxylation sites is 4. The van der Waals surface area contributed by atoms with E-state index in [9.17, 15) is 0 Å². The van der Waals surface area contributed by atoms with Crippen molar-refractivity contribution in [2.24, 2.45) is 0 Å². The Bertz CT molecular complexity index is 4070. The normalized spacial score (nSPS) is 13.0. The number of benzene rings is 13. The van der Waals surface area contributed by atoms with Gasteiger partial charge in [0.15, 0.2) is 0 Å². The fourth-order valence-corrected chi connectivity index (χ4v) is 12.8. The van der Waals surface area contributed by atoms with E-state index in [0.29, 0.717) is 0 Å². The first-order chi connectivity index (χ1) is 37.7. The van der Waals surface area contributed by atoms with Crippen LogP contribution in [0.3, 0.4) is 0 Å². The second-order valence-corrected chi connectivity index (χ2v) is 20.6. The Labute approximate surface area is 444 Å². The van der Waals surface area contributed by atoms with Gasteiger partial charge in [-0.2, -0.15) is 0 Å². The monoisotopic (exact) mass is 968 g/mol. The minimum atomic E-state index is 0.982. The average Bonchev–Trinajstić information content (AvgIpc) is 3.85. The fraction of sp³-hybridized carbons (Fsp3) is 0.0541. The molecular formula is C74H52N2. The minimum Gasteiger partial charge on any atom is -0.310 e. The molecule has 0 amide bonds. The average molecular weight is 969 g/mol. The zero-order valence-electron chi connectivity index (χ0n) is 42.1. The van der Waals surface area contributed by atoms with Crippen molar-refractivity contribution in [3.05, 3.63) is 289 Å². The molecule has 2 aliphatic heterocycles. The van der Waals surface area contributed by atoms with Gasteiger partial charge < -0.3 is 9.80 Å². The molecular weight excluding hydrogens is 917 g/mol. The predicted molar refractivity (Wildman–Crippen MR) is 322 cm³/mol. The molecule has 0 unspecified atom stereocenters. The van der Waals surface area contributed by atoms with Crippen LogP contribution in [0.5, 0.6) is 0 Å². The third-order valence-electron chi connectivity index (χ3n) is 16.4. The molecule has 2 nitrogen and oxygen atoms in total. The number of aryl methyl sites for hydroxylation is 4. The van der Waals surface area contributed by atoms with Crippen molar-refractivity contribution in [2.75, 3.05) is 9.80 Å². The first-order valence-corrected chi connectivity index (χ1v) is 26.8. The summed E-state index contributed by atoms with van der Waals surface area (Å²) in [4.78, 5) is 5.06. The summed E-state index contributed by atoms with van der Waals surface area (Å²) < 4.78 is 0. The molecule has 0 N–H and O–H groups in total. The van der Waals surface area contributed by atoms with Gasteiger partial charge in [-0.3, -0.25) is 0 Å². The SMILES string of the molecule is c1ccc2c(c1)CCc1ccccc1N2c1ccc2c(-c3ccccc3-c3ccc4ccccc4c3)c3cc(N4c5ccccc5CCc5ccccc54)ccc3c(-c3ccccc3-c3ccc4ccccc4c3)c2c1. The van der Waals surface area contributed by atoms with Gasteiger partial charge in [-0.05, 0) is 196 Å². The van der Waals surface area contributed by atoms with Crippen molar-refractivity contribution in [3.8, 4) is 44.5 Å². The Kier molecular flexibility index (Phi) is 10.5. The summed E-state index contributed by atoms with van der Waals surface area (Å²) in [5, 5.41) is 9.76. The van der Waals surface area contributed by atoms with Gasteiger partial charge in [0.1, 0.15) is 0 Å². The van der Waals surface area contributed by atoms with E-state index in [4.69, 9.17) is 0 Å². The lowest BCUT2D eigenvalue weighted by Gasteiger charge is -2.30. The molecule has 0 spiro atoms. The fourth-order valence-electron chi connectivity index (χ4n) is 12.8. The van der Waals surface area contributed by atoms with Crippen molar-refractivity contribution in [3.63, 3.8) is 0 Å². The van der Waals surface area contributed by atoms with E-state index < -0.39 is 0 Å². The van der Waals surface area contributed by atoms with Gasteiger partial charge in [-0.15, -0.1) is 0 Å². The lowest BCUT2D eigenvalue weighted by Crippen LogP contribution is -2.12. The molecule has 358 valence electrons. The maximum Gasteiger partial charge on any atom is 0.0493 e. The van der Waals surface area contributed by atoms with E-state index in [1.165, 1.54) is 133 Å². The standard InChI is InChI=1S/C74H52N2/c1-3-23-55-45-57(39-33-49(55)17-1)61-25-9-11-27-63(61)73-65-43-41-60(76-71-31-15-7-21-53(71)37-38-54-22-8-16-32-72(54)76)48-68(65)74(64-28-12-10-26-62(64)58-40-34-50-18-2-4-24-56(50)46-58)66-44-42-59(47-67(66)73)75-69-29-13-5-19-51(69)35-36-52-20-6-14-30-70(52)75/h1-34,39-48H,35-38H2. The van der Waals surface area contributed by atoms with E-state index >= 15 is 0 Å². The Morgan fingerprint density at radius 1 is 0.224 bits per heavy atom. The van der Waals surface area contributed by atoms with E-state index in [0.717, 1.165) is 37.1 Å². The molecule has 13 aromatic carbocycles. The molecule has 2 heterocycles. The summed E-state index contributed by atoms with van der Waals surface area (Å²) >= 11 is 0. The maximum absolute atomic E-state index is 2.53. The number of hydrogen-bond donors (Lipinski definition) is 0. The third kappa shape index (κ3) is 7.32. The molecule has 0 saturated heterocycles. The first-order valence-electron chi connectivity index (χ1n) is 26.8. The summed E-state index contributed by atoms with van der Waals surface area (Å²) in [5.74, 6) is 0. The number of rotatable bonds is 6. The largest absolute Gasteiger partial charge is 0.310 e. The van der Waals surface area contributed by atoms with E-state index in [-0.39, 0.29) is 0 Å². The van der Waals surface area contributed by atoms with Gasteiger partial charge in [0, 0.05) is 34.1 Å². The van der Waals surface area contributed by atoms with Crippen molar-refractivity contribution in [2.45, 2.75) is 25.7 Å². The lowest BCUT2D eigenvalue weighted by atomic mass is 9.81. The molecule has 0 bridgehead atoms. The summed E-state index contributed by atoms with van der Waals surface area (Å²) in [6.45, 7) is 0. The highest BCUT2D eigenvalue weighted by Gasteiger charge is 2.28. The number of nitrogens with zero attached hydrogens (tertiary/aromatic N) is 2.